The summed E-state index contributed by atoms with van der Waals surface area (Å²) in [4.78, 5) is 2.74. The summed E-state index contributed by atoms with van der Waals surface area (Å²) in [6.45, 7) is 9.81. The van der Waals surface area contributed by atoms with Gasteiger partial charge in [0.25, 0.3) is 0 Å². The highest BCUT2D eigenvalue weighted by Gasteiger charge is 2.29. The zero-order valence-electron chi connectivity index (χ0n) is 14.4. The zero-order valence-corrected chi connectivity index (χ0v) is 14.4. The summed E-state index contributed by atoms with van der Waals surface area (Å²) in [5.74, 6) is 0.920. The highest BCUT2D eigenvalue weighted by atomic mass is 16.3. The minimum absolute atomic E-state index is 0.504. The normalized spacial score (nSPS) is 29.7. The molecular weight excluding hydrogens is 260 g/mol. The number of nitrogens with zero attached hydrogens (tertiary/aromatic N) is 1. The molecule has 2 aliphatic rings. The van der Waals surface area contributed by atoms with Crippen LogP contribution in [0.1, 0.15) is 72.1 Å². The van der Waals surface area contributed by atoms with E-state index >= 15 is 0 Å². The van der Waals surface area contributed by atoms with E-state index in [0.29, 0.717) is 6.04 Å². The van der Waals surface area contributed by atoms with Crippen LogP contribution in [0, 0.1) is 5.92 Å². The van der Waals surface area contributed by atoms with E-state index < -0.39 is 5.60 Å². The topological polar surface area (TPSA) is 35.5 Å². The van der Waals surface area contributed by atoms with Crippen molar-refractivity contribution in [1.82, 2.24) is 10.2 Å². The van der Waals surface area contributed by atoms with Crippen molar-refractivity contribution < 1.29 is 5.11 Å². The molecule has 1 saturated heterocycles. The highest BCUT2D eigenvalue weighted by molar-refractivity contribution is 4.86. The van der Waals surface area contributed by atoms with Crippen LogP contribution in [0.25, 0.3) is 0 Å². The molecule has 1 heterocycles. The fourth-order valence-corrected chi connectivity index (χ4v) is 4.04. The van der Waals surface area contributed by atoms with E-state index in [9.17, 15) is 5.11 Å². The van der Waals surface area contributed by atoms with Crippen molar-refractivity contribution >= 4 is 0 Å². The van der Waals surface area contributed by atoms with Crippen molar-refractivity contribution in [3.8, 4) is 0 Å². The minimum atomic E-state index is -0.504. The first kappa shape index (κ1) is 17.2. The lowest BCUT2D eigenvalue weighted by Crippen LogP contribution is -2.50. The Morgan fingerprint density at radius 3 is 2.33 bits per heavy atom. The quantitative estimate of drug-likeness (QED) is 0.790. The molecule has 0 radical (unpaired) electrons. The minimum Gasteiger partial charge on any atom is -0.389 e. The lowest BCUT2D eigenvalue weighted by Gasteiger charge is -2.41. The molecule has 2 N–H and O–H groups in total. The Labute approximate surface area is 131 Å². The molecule has 3 nitrogen and oxygen atoms in total. The molecule has 0 aromatic rings. The lowest BCUT2D eigenvalue weighted by molar-refractivity contribution is 0.0251. The standard InChI is InChI=1S/C18H36N2O/c1-4-18(21,5-2)14-19-16-9-11-20(12-10-16)17-8-6-7-15(3)13-17/h15-17,19,21H,4-14H2,1-3H3. The van der Waals surface area contributed by atoms with Crippen LogP contribution in [-0.4, -0.2) is 47.3 Å². The van der Waals surface area contributed by atoms with Crippen LogP contribution in [0.5, 0.6) is 0 Å². The number of nitrogens with one attached hydrogen (secondary N) is 1. The molecule has 0 aromatic heterocycles. The van der Waals surface area contributed by atoms with Crippen molar-refractivity contribution in [3.05, 3.63) is 0 Å². The molecule has 2 rings (SSSR count). The smallest absolute Gasteiger partial charge is 0.0766 e. The molecule has 3 heteroatoms. The largest absolute Gasteiger partial charge is 0.389 e. The molecule has 2 atom stereocenters. The molecule has 1 aliphatic carbocycles. The zero-order chi connectivity index (χ0) is 15.3. The Balaban J connectivity index is 1.70. The first-order chi connectivity index (χ1) is 10.1. The second kappa shape index (κ2) is 7.94. The van der Waals surface area contributed by atoms with Gasteiger partial charge in [-0.05, 0) is 57.5 Å². The molecule has 0 amide bonds. The number of hydrogen-bond donors (Lipinski definition) is 2. The third-order valence-corrected chi connectivity index (χ3v) is 5.99. The summed E-state index contributed by atoms with van der Waals surface area (Å²) in [6, 6.07) is 1.45. The molecule has 0 bridgehead atoms. The first-order valence-electron chi connectivity index (χ1n) is 9.26. The van der Waals surface area contributed by atoms with E-state index in [4.69, 9.17) is 0 Å². The maximum absolute atomic E-state index is 10.4. The molecule has 1 aliphatic heterocycles. The Bertz CT molecular complexity index is 296. The van der Waals surface area contributed by atoms with Crippen molar-refractivity contribution in [2.24, 2.45) is 5.92 Å². The fraction of sp³-hybridized carbons (Fsp3) is 1.00. The van der Waals surface area contributed by atoms with Gasteiger partial charge in [-0.2, -0.15) is 0 Å². The molecule has 0 aromatic carbocycles. The summed E-state index contributed by atoms with van der Waals surface area (Å²) in [5.41, 5.74) is -0.504. The molecule has 1 saturated carbocycles. The van der Waals surface area contributed by atoms with E-state index in [1.54, 1.807) is 0 Å². The number of piperidine rings is 1. The number of likely N-dealkylation sites (tertiary alicyclic amines) is 1. The summed E-state index contributed by atoms with van der Waals surface area (Å²) in [5, 5.41) is 14.0. The van der Waals surface area contributed by atoms with E-state index in [2.05, 4.69) is 31.0 Å². The monoisotopic (exact) mass is 296 g/mol. The van der Waals surface area contributed by atoms with Crippen molar-refractivity contribution in [1.29, 1.82) is 0 Å². The van der Waals surface area contributed by atoms with Gasteiger partial charge in [-0.1, -0.05) is 33.6 Å². The van der Waals surface area contributed by atoms with Gasteiger partial charge in [0.2, 0.25) is 0 Å². The van der Waals surface area contributed by atoms with Crippen molar-refractivity contribution in [3.63, 3.8) is 0 Å². The number of hydrogen-bond acceptors (Lipinski definition) is 3. The van der Waals surface area contributed by atoms with Crippen molar-refractivity contribution in [2.45, 2.75) is 89.8 Å². The number of aliphatic hydroxyl groups is 1. The van der Waals surface area contributed by atoms with Gasteiger partial charge in [0, 0.05) is 18.6 Å². The molecular formula is C18H36N2O. The van der Waals surface area contributed by atoms with E-state index in [1.807, 2.05) is 0 Å². The first-order valence-corrected chi connectivity index (χ1v) is 9.26. The van der Waals surface area contributed by atoms with Crippen LogP contribution < -0.4 is 5.32 Å². The predicted molar refractivity (Wildman–Crippen MR) is 89.5 cm³/mol. The van der Waals surface area contributed by atoms with E-state index in [-0.39, 0.29) is 0 Å². The molecule has 124 valence electrons. The van der Waals surface area contributed by atoms with E-state index in [0.717, 1.165) is 31.3 Å². The second-order valence-electron chi connectivity index (χ2n) is 7.55. The SMILES string of the molecule is CCC(O)(CC)CNC1CCN(C2CCCC(C)C2)CC1. The Morgan fingerprint density at radius 1 is 1.10 bits per heavy atom. The summed E-state index contributed by atoms with van der Waals surface area (Å²) >= 11 is 0. The second-order valence-corrected chi connectivity index (χ2v) is 7.55. The van der Waals surface area contributed by atoms with Crippen LogP contribution in [0.4, 0.5) is 0 Å². The lowest BCUT2D eigenvalue weighted by atomic mass is 9.85. The molecule has 2 unspecified atom stereocenters. The average molecular weight is 296 g/mol. The van der Waals surface area contributed by atoms with Gasteiger partial charge < -0.3 is 15.3 Å². The van der Waals surface area contributed by atoms with Crippen LogP contribution >= 0.6 is 0 Å². The fourth-order valence-electron chi connectivity index (χ4n) is 4.04. The maximum Gasteiger partial charge on any atom is 0.0766 e. The van der Waals surface area contributed by atoms with Gasteiger partial charge in [0.15, 0.2) is 0 Å². The van der Waals surface area contributed by atoms with Crippen LogP contribution in [-0.2, 0) is 0 Å². The third kappa shape index (κ3) is 4.94. The van der Waals surface area contributed by atoms with Crippen molar-refractivity contribution in [2.75, 3.05) is 19.6 Å². The summed E-state index contributed by atoms with van der Waals surface area (Å²) in [6.07, 6.45) is 9.84. The molecule has 21 heavy (non-hydrogen) atoms. The predicted octanol–water partition coefficient (Wildman–Crippen LogP) is 3.17. The summed E-state index contributed by atoms with van der Waals surface area (Å²) in [7, 11) is 0. The average Bonchev–Trinajstić information content (AvgIpc) is 2.53. The van der Waals surface area contributed by atoms with Gasteiger partial charge in [-0.15, -0.1) is 0 Å². The Kier molecular flexibility index (Phi) is 6.51. The van der Waals surface area contributed by atoms with Gasteiger partial charge in [0.05, 0.1) is 5.60 Å². The Hall–Kier alpha value is -0.120. The van der Waals surface area contributed by atoms with Gasteiger partial charge in [-0.3, -0.25) is 0 Å². The highest BCUT2D eigenvalue weighted by Crippen LogP contribution is 2.29. The van der Waals surface area contributed by atoms with Crippen LogP contribution in [0.3, 0.4) is 0 Å². The maximum atomic E-state index is 10.4. The third-order valence-electron chi connectivity index (χ3n) is 5.99. The van der Waals surface area contributed by atoms with E-state index in [1.165, 1.54) is 51.6 Å². The van der Waals surface area contributed by atoms with Crippen LogP contribution in [0.2, 0.25) is 0 Å². The number of rotatable bonds is 6. The van der Waals surface area contributed by atoms with Gasteiger partial charge in [-0.25, -0.2) is 0 Å². The molecule has 2 fully saturated rings. The Morgan fingerprint density at radius 2 is 1.76 bits per heavy atom. The van der Waals surface area contributed by atoms with Crippen LogP contribution in [0.15, 0.2) is 0 Å². The van der Waals surface area contributed by atoms with Gasteiger partial charge >= 0.3 is 0 Å². The summed E-state index contributed by atoms with van der Waals surface area (Å²) < 4.78 is 0. The molecule has 0 spiro atoms. The van der Waals surface area contributed by atoms with Gasteiger partial charge in [0.1, 0.15) is 0 Å².